The highest BCUT2D eigenvalue weighted by Gasteiger charge is 2.58. The van der Waals surface area contributed by atoms with E-state index in [0.717, 1.165) is 44.5 Å². The van der Waals surface area contributed by atoms with Crippen molar-refractivity contribution in [1.82, 2.24) is 4.90 Å². The number of hydrogen-bond acceptors (Lipinski definition) is 5. The lowest BCUT2D eigenvalue weighted by Crippen LogP contribution is -2.56. The van der Waals surface area contributed by atoms with Gasteiger partial charge in [-0.05, 0) is 37.3 Å². The third-order valence-corrected chi connectivity index (χ3v) is 6.13. The van der Waals surface area contributed by atoms with Crippen LogP contribution in [0.3, 0.4) is 0 Å². The Morgan fingerprint density at radius 3 is 2.64 bits per heavy atom. The predicted octanol–water partition coefficient (Wildman–Crippen LogP) is 3.04. The summed E-state index contributed by atoms with van der Waals surface area (Å²) in [6.45, 7) is 4.53. The van der Waals surface area contributed by atoms with Gasteiger partial charge >= 0.3 is 0 Å². The predicted molar refractivity (Wildman–Crippen MR) is 94.1 cm³/mol. The Bertz CT molecular complexity index is 728. The van der Waals surface area contributed by atoms with Gasteiger partial charge in [-0.1, -0.05) is 25.2 Å². The van der Waals surface area contributed by atoms with Gasteiger partial charge in [0, 0.05) is 24.9 Å². The van der Waals surface area contributed by atoms with Crippen LogP contribution < -0.4 is 0 Å². The first-order valence-electron chi connectivity index (χ1n) is 9.02. The van der Waals surface area contributed by atoms with Crippen molar-refractivity contribution in [1.29, 1.82) is 21.2 Å². The van der Waals surface area contributed by atoms with E-state index in [-0.39, 0.29) is 23.5 Å². The molecule has 0 bridgehead atoms. The van der Waals surface area contributed by atoms with Crippen LogP contribution in [0.4, 0.5) is 0 Å². The van der Waals surface area contributed by atoms with Crippen molar-refractivity contribution in [2.75, 3.05) is 19.6 Å². The summed E-state index contributed by atoms with van der Waals surface area (Å²) in [5.74, 6) is -0.901. The second kappa shape index (κ2) is 6.83. The Kier molecular flexibility index (Phi) is 4.76. The Balaban J connectivity index is 2.16. The van der Waals surface area contributed by atoms with Gasteiger partial charge in [0.2, 0.25) is 0 Å². The zero-order chi connectivity index (χ0) is 18.0. The van der Waals surface area contributed by atoms with Crippen LogP contribution in [-0.2, 0) is 0 Å². The smallest absolute Gasteiger partial charge is 0.186 e. The van der Waals surface area contributed by atoms with Gasteiger partial charge in [-0.25, -0.2) is 0 Å². The third kappa shape index (κ3) is 2.58. The van der Waals surface area contributed by atoms with E-state index in [2.05, 4.69) is 48.3 Å². The van der Waals surface area contributed by atoms with Gasteiger partial charge in [0.25, 0.3) is 0 Å². The summed E-state index contributed by atoms with van der Waals surface area (Å²) in [5.41, 5.74) is -0.565. The quantitative estimate of drug-likeness (QED) is 0.785. The fraction of sp³-hybridized carbons (Fsp3) is 0.600. The molecule has 0 saturated heterocycles. The van der Waals surface area contributed by atoms with Crippen molar-refractivity contribution in [3.05, 3.63) is 23.8 Å². The lowest BCUT2D eigenvalue weighted by atomic mass is 9.52. The van der Waals surface area contributed by atoms with Crippen molar-refractivity contribution < 1.29 is 0 Å². The molecular weight excluding hydrogens is 310 g/mol. The summed E-state index contributed by atoms with van der Waals surface area (Å²) in [4.78, 5) is 2.29. The van der Waals surface area contributed by atoms with Gasteiger partial charge in [-0.3, -0.25) is 4.90 Å². The van der Waals surface area contributed by atoms with Crippen molar-refractivity contribution in [3.63, 3.8) is 0 Å². The molecule has 0 aromatic rings. The molecule has 0 spiro atoms. The SMILES string of the molecule is CCN1CC=C2C(C#N)C(=N)C(C#N)(C#N)[C@@H]([C@H]3C=CCCC3)[C@@H]2C1. The van der Waals surface area contributed by atoms with Crippen LogP contribution in [0.5, 0.6) is 0 Å². The Morgan fingerprint density at radius 2 is 2.08 bits per heavy atom. The molecule has 0 aromatic heterocycles. The van der Waals surface area contributed by atoms with Gasteiger partial charge in [0.05, 0.1) is 23.9 Å². The molecule has 5 nitrogen and oxygen atoms in total. The molecule has 3 aliphatic rings. The molecule has 0 radical (unpaired) electrons. The number of likely N-dealkylation sites (N-methyl/N-ethyl adjacent to an activating group) is 1. The summed E-state index contributed by atoms with van der Waals surface area (Å²) < 4.78 is 0. The molecule has 2 aliphatic carbocycles. The minimum Gasteiger partial charge on any atom is -0.305 e. The molecule has 1 heterocycles. The van der Waals surface area contributed by atoms with E-state index in [1.54, 1.807) is 0 Å². The molecular formula is C20H23N5. The minimum atomic E-state index is -1.51. The lowest BCUT2D eigenvalue weighted by Gasteiger charge is -2.50. The number of nitrogens with zero attached hydrogens (tertiary/aromatic N) is 4. The van der Waals surface area contributed by atoms with Crippen molar-refractivity contribution in [3.8, 4) is 18.2 Å². The Morgan fingerprint density at radius 1 is 1.32 bits per heavy atom. The maximum absolute atomic E-state index is 9.96. The first-order chi connectivity index (χ1) is 12.1. The van der Waals surface area contributed by atoms with Crippen LogP contribution in [0, 0.1) is 68.5 Å². The molecule has 0 amide bonds. The van der Waals surface area contributed by atoms with Gasteiger partial charge < -0.3 is 5.41 Å². The van der Waals surface area contributed by atoms with Crippen LogP contribution in [0.15, 0.2) is 23.8 Å². The zero-order valence-electron chi connectivity index (χ0n) is 14.6. The summed E-state index contributed by atoms with van der Waals surface area (Å²) in [6.07, 6.45) is 9.35. The van der Waals surface area contributed by atoms with E-state index in [0.29, 0.717) is 0 Å². The van der Waals surface area contributed by atoms with Crippen LogP contribution in [0.25, 0.3) is 0 Å². The largest absolute Gasteiger partial charge is 0.305 e. The van der Waals surface area contributed by atoms with E-state index in [4.69, 9.17) is 5.41 Å². The second-order valence-electron chi connectivity index (χ2n) is 7.22. The molecule has 4 atom stereocenters. The van der Waals surface area contributed by atoms with Gasteiger partial charge in [0.1, 0.15) is 5.92 Å². The third-order valence-electron chi connectivity index (χ3n) is 6.13. The molecule has 1 saturated carbocycles. The monoisotopic (exact) mass is 333 g/mol. The molecule has 1 fully saturated rings. The van der Waals surface area contributed by atoms with Gasteiger partial charge in [-0.2, -0.15) is 15.8 Å². The fourth-order valence-corrected chi connectivity index (χ4v) is 4.82. The highest BCUT2D eigenvalue weighted by Crippen LogP contribution is 2.53. The normalized spacial score (nSPS) is 34.2. The number of rotatable bonds is 2. The molecule has 1 aliphatic heterocycles. The van der Waals surface area contributed by atoms with Crippen molar-refractivity contribution in [2.45, 2.75) is 26.2 Å². The topological polar surface area (TPSA) is 98.5 Å². The summed E-state index contributed by atoms with van der Waals surface area (Å²) >= 11 is 0. The average Bonchev–Trinajstić information content (AvgIpc) is 2.67. The van der Waals surface area contributed by atoms with Crippen LogP contribution in [0.2, 0.25) is 0 Å². The zero-order valence-corrected chi connectivity index (χ0v) is 14.6. The van der Waals surface area contributed by atoms with Crippen LogP contribution in [0.1, 0.15) is 26.2 Å². The maximum Gasteiger partial charge on any atom is 0.186 e. The molecule has 0 aromatic carbocycles. The summed E-state index contributed by atoms with van der Waals surface area (Å²) in [5, 5.41) is 38.2. The first kappa shape index (κ1) is 17.4. The molecule has 1 unspecified atom stereocenters. The molecule has 5 heteroatoms. The van der Waals surface area contributed by atoms with Gasteiger partial charge in [-0.15, -0.1) is 0 Å². The van der Waals surface area contributed by atoms with E-state index in [9.17, 15) is 15.8 Å². The van der Waals surface area contributed by atoms with E-state index in [1.165, 1.54) is 0 Å². The average molecular weight is 333 g/mol. The molecule has 128 valence electrons. The lowest BCUT2D eigenvalue weighted by molar-refractivity contribution is 0.133. The summed E-state index contributed by atoms with van der Waals surface area (Å²) in [7, 11) is 0. The maximum atomic E-state index is 9.96. The first-order valence-corrected chi connectivity index (χ1v) is 9.02. The van der Waals surface area contributed by atoms with Crippen molar-refractivity contribution >= 4 is 5.71 Å². The molecule has 25 heavy (non-hydrogen) atoms. The van der Waals surface area contributed by atoms with Crippen molar-refractivity contribution in [2.24, 2.45) is 29.1 Å². The Hall–Kier alpha value is -2.42. The summed E-state index contributed by atoms with van der Waals surface area (Å²) in [6, 6.07) is 6.56. The van der Waals surface area contributed by atoms with Crippen LogP contribution in [-0.4, -0.2) is 30.2 Å². The highest BCUT2D eigenvalue weighted by atomic mass is 15.1. The number of hydrogen-bond donors (Lipinski definition) is 1. The standard InChI is InChI=1S/C20H23N5/c1-2-25-9-8-15-16(10-21)19(24)20(12-22,13-23)18(17(15)11-25)14-6-4-3-5-7-14/h4,6,8,14,16-18,24H,2-3,5,7,9,11H2,1H3/t14-,16?,17+,18-/m0/s1. The van der Waals surface area contributed by atoms with E-state index in [1.807, 2.05) is 0 Å². The number of allylic oxidation sites excluding steroid dienone is 2. The van der Waals surface area contributed by atoms with E-state index >= 15 is 0 Å². The minimum absolute atomic E-state index is 0.0144. The fourth-order valence-electron chi connectivity index (χ4n) is 4.82. The Labute approximate surface area is 149 Å². The molecule has 3 rings (SSSR count). The highest BCUT2D eigenvalue weighted by molar-refractivity contribution is 6.00. The second-order valence-corrected chi connectivity index (χ2v) is 7.22. The number of fused-ring (bicyclic) bond motifs is 1. The van der Waals surface area contributed by atoms with Crippen LogP contribution >= 0.6 is 0 Å². The number of nitrogens with one attached hydrogen (secondary N) is 1. The van der Waals surface area contributed by atoms with Gasteiger partial charge in [0.15, 0.2) is 5.41 Å². The molecule has 1 N–H and O–H groups in total. The van der Waals surface area contributed by atoms with E-state index < -0.39 is 11.3 Å². The number of nitriles is 3.